The second kappa shape index (κ2) is 9.75. The summed E-state index contributed by atoms with van der Waals surface area (Å²) >= 11 is 6.20. The lowest BCUT2D eigenvalue weighted by Crippen LogP contribution is -2.44. The van der Waals surface area contributed by atoms with Crippen molar-refractivity contribution in [1.82, 2.24) is 20.4 Å². The van der Waals surface area contributed by atoms with E-state index in [4.69, 9.17) is 16.3 Å². The van der Waals surface area contributed by atoms with Gasteiger partial charge in [0, 0.05) is 50.1 Å². The van der Waals surface area contributed by atoms with Crippen LogP contribution in [0.25, 0.3) is 5.69 Å². The zero-order valence-electron chi connectivity index (χ0n) is 17.8. The lowest BCUT2D eigenvalue weighted by molar-refractivity contribution is 0.415. The Balaban J connectivity index is 1.31. The van der Waals surface area contributed by atoms with Crippen LogP contribution in [-0.4, -0.2) is 49.0 Å². The summed E-state index contributed by atoms with van der Waals surface area (Å²) in [6, 6.07) is 16.2. The minimum atomic E-state index is 0.289. The van der Waals surface area contributed by atoms with Crippen LogP contribution in [0.5, 0.6) is 5.75 Å². The molecular weight excluding hydrogens is 412 g/mol. The number of nitrogens with zero attached hydrogens (tertiary/aromatic N) is 4. The minimum Gasteiger partial charge on any atom is -0.495 e. The van der Waals surface area contributed by atoms with Gasteiger partial charge in [-0.05, 0) is 48.4 Å². The molecule has 0 spiro atoms. The Kier molecular flexibility index (Phi) is 6.62. The van der Waals surface area contributed by atoms with E-state index in [2.05, 4.69) is 49.9 Å². The van der Waals surface area contributed by atoms with Crippen LogP contribution in [0.3, 0.4) is 0 Å². The number of anilines is 1. The first kappa shape index (κ1) is 21.1. The van der Waals surface area contributed by atoms with Gasteiger partial charge in [0.15, 0.2) is 5.96 Å². The number of aromatic nitrogens is 2. The number of guanidine groups is 1. The number of aliphatic imine (C=N–C) groups is 1. The van der Waals surface area contributed by atoms with Crippen molar-refractivity contribution in [1.29, 1.82) is 0 Å². The molecule has 1 aromatic heterocycles. The van der Waals surface area contributed by atoms with E-state index in [0.717, 1.165) is 42.6 Å². The second-order valence-corrected chi connectivity index (χ2v) is 7.87. The number of hydrogen-bond acceptors (Lipinski definition) is 4. The Hall–Kier alpha value is -3.19. The highest BCUT2D eigenvalue weighted by Crippen LogP contribution is 2.33. The molecule has 3 aromatic rings. The normalized spacial score (nSPS) is 16.4. The smallest absolute Gasteiger partial charge is 0.191 e. The fraction of sp³-hybridized carbons (Fsp3) is 0.304. The van der Waals surface area contributed by atoms with Crippen LogP contribution in [0.4, 0.5) is 5.69 Å². The van der Waals surface area contributed by atoms with Crippen LogP contribution in [0.2, 0.25) is 5.02 Å². The van der Waals surface area contributed by atoms with Gasteiger partial charge in [0.05, 0.1) is 18.5 Å². The third-order valence-electron chi connectivity index (χ3n) is 5.40. The number of hydrogen-bond donors (Lipinski definition) is 2. The average Bonchev–Trinajstić information content (AvgIpc) is 3.49. The fourth-order valence-corrected chi connectivity index (χ4v) is 3.94. The van der Waals surface area contributed by atoms with Crippen LogP contribution in [0, 0.1) is 0 Å². The molecule has 7 nitrogen and oxygen atoms in total. The predicted molar refractivity (Wildman–Crippen MR) is 126 cm³/mol. The summed E-state index contributed by atoms with van der Waals surface area (Å²) in [4.78, 5) is 6.68. The molecule has 31 heavy (non-hydrogen) atoms. The molecule has 2 N–H and O–H groups in total. The van der Waals surface area contributed by atoms with Gasteiger partial charge in [-0.1, -0.05) is 23.7 Å². The van der Waals surface area contributed by atoms with E-state index in [9.17, 15) is 0 Å². The summed E-state index contributed by atoms with van der Waals surface area (Å²) in [5.41, 5.74) is 3.24. The first-order valence-corrected chi connectivity index (χ1v) is 10.7. The first-order chi connectivity index (χ1) is 15.2. The van der Waals surface area contributed by atoms with Crippen molar-refractivity contribution in [3.8, 4) is 11.4 Å². The SMILES string of the molecule is CN=C(NCc1ccc(-n2cccn2)cc1)NC1CCN(c2cc(Cl)ccc2OC)C1. The van der Waals surface area contributed by atoms with Gasteiger partial charge in [0.1, 0.15) is 5.75 Å². The number of rotatable bonds is 6. The number of nitrogens with one attached hydrogen (secondary N) is 2. The Morgan fingerprint density at radius 2 is 2.10 bits per heavy atom. The van der Waals surface area contributed by atoms with Gasteiger partial charge in [-0.25, -0.2) is 4.68 Å². The van der Waals surface area contributed by atoms with E-state index in [0.29, 0.717) is 11.6 Å². The standard InChI is InChI=1S/C23H27ClN6O/c1-25-23(26-15-17-4-7-20(8-5-17)30-12-3-11-27-30)28-19-10-13-29(16-19)21-14-18(24)6-9-22(21)31-2/h3-9,11-12,14,19H,10,13,15-16H2,1-2H3,(H2,25,26,28). The van der Waals surface area contributed by atoms with Crippen molar-refractivity contribution in [2.45, 2.75) is 19.0 Å². The van der Waals surface area contributed by atoms with Crippen molar-refractivity contribution in [3.05, 3.63) is 71.5 Å². The van der Waals surface area contributed by atoms with E-state index in [1.54, 1.807) is 20.4 Å². The van der Waals surface area contributed by atoms with Crippen molar-refractivity contribution < 1.29 is 4.74 Å². The van der Waals surface area contributed by atoms with Crippen LogP contribution < -0.4 is 20.3 Å². The number of benzene rings is 2. The molecule has 1 saturated heterocycles. The number of halogens is 1. The highest BCUT2D eigenvalue weighted by atomic mass is 35.5. The molecule has 1 atom stereocenters. The predicted octanol–water partition coefficient (Wildman–Crippen LogP) is 3.48. The molecule has 0 saturated carbocycles. The summed E-state index contributed by atoms with van der Waals surface area (Å²) in [5.74, 6) is 1.63. The van der Waals surface area contributed by atoms with E-state index < -0.39 is 0 Å². The van der Waals surface area contributed by atoms with Gasteiger partial charge in [0.2, 0.25) is 0 Å². The minimum absolute atomic E-state index is 0.289. The monoisotopic (exact) mass is 438 g/mol. The first-order valence-electron chi connectivity index (χ1n) is 10.3. The molecule has 162 valence electrons. The third-order valence-corrected chi connectivity index (χ3v) is 5.63. The molecule has 0 bridgehead atoms. The third kappa shape index (κ3) is 5.11. The molecule has 1 unspecified atom stereocenters. The maximum atomic E-state index is 6.20. The molecule has 2 aromatic carbocycles. The molecule has 4 rings (SSSR count). The molecule has 0 aliphatic carbocycles. The van der Waals surface area contributed by atoms with Crippen molar-refractivity contribution in [3.63, 3.8) is 0 Å². The highest BCUT2D eigenvalue weighted by molar-refractivity contribution is 6.30. The lowest BCUT2D eigenvalue weighted by atomic mass is 10.2. The van der Waals surface area contributed by atoms with Crippen molar-refractivity contribution in [2.24, 2.45) is 4.99 Å². The van der Waals surface area contributed by atoms with Gasteiger partial charge >= 0.3 is 0 Å². The quantitative estimate of drug-likeness (QED) is 0.455. The van der Waals surface area contributed by atoms with Gasteiger partial charge in [-0.2, -0.15) is 5.10 Å². The Labute approximate surface area is 187 Å². The number of methoxy groups -OCH3 is 1. The van der Waals surface area contributed by atoms with E-state index in [1.165, 1.54) is 5.56 Å². The average molecular weight is 439 g/mol. The zero-order valence-corrected chi connectivity index (χ0v) is 18.5. The van der Waals surface area contributed by atoms with Gasteiger partial charge in [-0.15, -0.1) is 0 Å². The zero-order chi connectivity index (χ0) is 21.6. The molecular formula is C23H27ClN6O. The summed E-state index contributed by atoms with van der Waals surface area (Å²) in [6.45, 7) is 2.48. The lowest BCUT2D eigenvalue weighted by Gasteiger charge is -2.22. The Bertz CT molecular complexity index is 1020. The summed E-state index contributed by atoms with van der Waals surface area (Å²) in [5, 5.41) is 11.9. The second-order valence-electron chi connectivity index (χ2n) is 7.43. The Morgan fingerprint density at radius 1 is 1.26 bits per heavy atom. The van der Waals surface area contributed by atoms with Crippen LogP contribution in [0.1, 0.15) is 12.0 Å². The van der Waals surface area contributed by atoms with Gasteiger partial charge < -0.3 is 20.3 Å². The topological polar surface area (TPSA) is 66.7 Å². The summed E-state index contributed by atoms with van der Waals surface area (Å²) in [7, 11) is 3.48. The summed E-state index contributed by atoms with van der Waals surface area (Å²) < 4.78 is 7.35. The van der Waals surface area contributed by atoms with E-state index >= 15 is 0 Å². The number of ether oxygens (including phenoxy) is 1. The maximum absolute atomic E-state index is 6.20. The molecule has 0 amide bonds. The van der Waals surface area contributed by atoms with Gasteiger partial charge in [-0.3, -0.25) is 4.99 Å². The maximum Gasteiger partial charge on any atom is 0.191 e. The molecule has 2 heterocycles. The van der Waals surface area contributed by atoms with Crippen LogP contribution >= 0.6 is 11.6 Å². The molecule has 1 aliphatic heterocycles. The molecule has 0 radical (unpaired) electrons. The van der Waals surface area contributed by atoms with Gasteiger partial charge in [0.25, 0.3) is 0 Å². The Morgan fingerprint density at radius 3 is 2.81 bits per heavy atom. The molecule has 1 aliphatic rings. The van der Waals surface area contributed by atoms with Crippen molar-refractivity contribution in [2.75, 3.05) is 32.1 Å². The largest absolute Gasteiger partial charge is 0.495 e. The van der Waals surface area contributed by atoms with Crippen LogP contribution in [0.15, 0.2) is 65.9 Å². The summed E-state index contributed by atoms with van der Waals surface area (Å²) in [6.07, 6.45) is 4.72. The fourth-order valence-electron chi connectivity index (χ4n) is 3.77. The van der Waals surface area contributed by atoms with Crippen LogP contribution in [-0.2, 0) is 6.54 Å². The molecule has 1 fully saturated rings. The molecule has 8 heteroatoms. The van der Waals surface area contributed by atoms with Crippen molar-refractivity contribution >= 4 is 23.2 Å². The van der Waals surface area contributed by atoms with E-state index in [1.807, 2.05) is 35.1 Å². The van der Waals surface area contributed by atoms with E-state index in [-0.39, 0.29) is 6.04 Å². The highest BCUT2D eigenvalue weighted by Gasteiger charge is 2.25.